The molecule has 0 heterocycles. The van der Waals surface area contributed by atoms with E-state index in [1.54, 1.807) is 0 Å². The number of hydrogen-bond acceptors (Lipinski definition) is 4. The molecule has 0 unspecified atom stereocenters. The Hall–Kier alpha value is -1.67. The molecule has 0 bridgehead atoms. The average Bonchev–Trinajstić information content (AvgIpc) is 2.49. The van der Waals surface area contributed by atoms with E-state index in [0.29, 0.717) is 23.6 Å². The van der Waals surface area contributed by atoms with Crippen molar-refractivity contribution in [3.8, 4) is 0 Å². The predicted octanol–water partition coefficient (Wildman–Crippen LogP) is 1.38. The van der Waals surface area contributed by atoms with Crippen LogP contribution < -0.4 is 10.6 Å². The van der Waals surface area contributed by atoms with E-state index < -0.39 is 15.7 Å². The molecule has 0 aliphatic carbocycles. The zero-order chi connectivity index (χ0) is 18.9. The molecule has 25 heavy (non-hydrogen) atoms. The van der Waals surface area contributed by atoms with Crippen molar-refractivity contribution >= 4 is 15.8 Å². The van der Waals surface area contributed by atoms with Crippen LogP contribution in [0.15, 0.2) is 23.2 Å². The molecule has 1 rings (SSSR count). The maximum atomic E-state index is 13.5. The zero-order valence-corrected chi connectivity index (χ0v) is 16.3. The first-order chi connectivity index (χ1) is 11.7. The molecule has 0 atom stereocenters. The van der Waals surface area contributed by atoms with Crippen LogP contribution in [-0.2, 0) is 22.1 Å². The van der Waals surface area contributed by atoms with Gasteiger partial charge in [0.2, 0.25) is 0 Å². The summed E-state index contributed by atoms with van der Waals surface area (Å²) in [6.45, 7) is 4.62. The van der Waals surface area contributed by atoms with Crippen molar-refractivity contribution in [3.05, 3.63) is 35.1 Å². The molecule has 2 N–H and O–H groups in total. The quantitative estimate of drug-likeness (QED) is 0.389. The SMILES string of the molecule is CCNC(=NCc1cc(F)ccc1CS(C)(=O)=O)NCCCN(C)C. The third-order valence-electron chi connectivity index (χ3n) is 3.41. The molecule has 0 saturated heterocycles. The zero-order valence-electron chi connectivity index (χ0n) is 15.5. The summed E-state index contributed by atoms with van der Waals surface area (Å²) in [4.78, 5) is 6.56. The van der Waals surface area contributed by atoms with Crippen LogP contribution in [0.4, 0.5) is 4.39 Å². The van der Waals surface area contributed by atoms with Crippen molar-refractivity contribution in [2.45, 2.75) is 25.6 Å². The number of aliphatic imine (C=N–C) groups is 1. The average molecular weight is 373 g/mol. The van der Waals surface area contributed by atoms with Gasteiger partial charge in [-0.15, -0.1) is 0 Å². The van der Waals surface area contributed by atoms with Crippen molar-refractivity contribution in [1.82, 2.24) is 15.5 Å². The molecule has 0 aliphatic rings. The van der Waals surface area contributed by atoms with Gasteiger partial charge in [0.05, 0.1) is 12.3 Å². The molecular weight excluding hydrogens is 343 g/mol. The molecule has 1 aromatic carbocycles. The summed E-state index contributed by atoms with van der Waals surface area (Å²) >= 11 is 0. The molecule has 142 valence electrons. The van der Waals surface area contributed by atoms with E-state index in [1.807, 2.05) is 21.0 Å². The fraction of sp³-hybridized carbons (Fsp3) is 0.588. The van der Waals surface area contributed by atoms with Crippen molar-refractivity contribution in [3.63, 3.8) is 0 Å². The maximum absolute atomic E-state index is 13.5. The second-order valence-electron chi connectivity index (χ2n) is 6.26. The van der Waals surface area contributed by atoms with Crippen LogP contribution in [0.2, 0.25) is 0 Å². The molecule has 8 heteroatoms. The van der Waals surface area contributed by atoms with Crippen LogP contribution >= 0.6 is 0 Å². The lowest BCUT2D eigenvalue weighted by Crippen LogP contribution is -2.38. The molecular formula is C17H29FN4O2S. The van der Waals surface area contributed by atoms with Gasteiger partial charge in [-0.1, -0.05) is 6.07 Å². The third kappa shape index (κ3) is 9.40. The number of nitrogens with one attached hydrogen (secondary N) is 2. The van der Waals surface area contributed by atoms with Gasteiger partial charge in [0, 0.05) is 19.3 Å². The van der Waals surface area contributed by atoms with E-state index in [4.69, 9.17) is 0 Å². The fourth-order valence-electron chi connectivity index (χ4n) is 2.27. The van der Waals surface area contributed by atoms with E-state index in [0.717, 1.165) is 19.5 Å². The molecule has 0 saturated carbocycles. The van der Waals surface area contributed by atoms with Gasteiger partial charge in [0.25, 0.3) is 0 Å². The van der Waals surface area contributed by atoms with Gasteiger partial charge >= 0.3 is 0 Å². The van der Waals surface area contributed by atoms with Crippen molar-refractivity contribution in [1.29, 1.82) is 0 Å². The summed E-state index contributed by atoms with van der Waals surface area (Å²) in [6.07, 6.45) is 2.14. The molecule has 1 aromatic rings. The number of benzene rings is 1. The Kier molecular flexibility index (Phi) is 8.85. The Balaban J connectivity index is 2.82. The Morgan fingerprint density at radius 2 is 1.96 bits per heavy atom. The van der Waals surface area contributed by atoms with Crippen LogP contribution in [0.1, 0.15) is 24.5 Å². The lowest BCUT2D eigenvalue weighted by molar-refractivity contribution is 0.399. The minimum absolute atomic E-state index is 0.120. The Labute approximate surface area is 150 Å². The second kappa shape index (κ2) is 10.4. The molecule has 0 aromatic heterocycles. The number of guanidine groups is 1. The smallest absolute Gasteiger partial charge is 0.191 e. The number of nitrogens with zero attached hydrogens (tertiary/aromatic N) is 2. The number of hydrogen-bond donors (Lipinski definition) is 2. The largest absolute Gasteiger partial charge is 0.357 e. The minimum atomic E-state index is -3.19. The summed E-state index contributed by atoms with van der Waals surface area (Å²) in [6, 6.07) is 4.14. The van der Waals surface area contributed by atoms with Gasteiger partial charge < -0.3 is 15.5 Å². The summed E-state index contributed by atoms with van der Waals surface area (Å²) in [5, 5.41) is 6.37. The van der Waals surface area contributed by atoms with Crippen molar-refractivity contribution < 1.29 is 12.8 Å². The maximum Gasteiger partial charge on any atom is 0.191 e. The highest BCUT2D eigenvalue weighted by atomic mass is 32.2. The number of sulfone groups is 1. The van der Waals surface area contributed by atoms with Crippen LogP contribution in [0.5, 0.6) is 0 Å². The second-order valence-corrected chi connectivity index (χ2v) is 8.40. The van der Waals surface area contributed by atoms with E-state index >= 15 is 0 Å². The highest BCUT2D eigenvalue weighted by molar-refractivity contribution is 7.89. The van der Waals surface area contributed by atoms with Crippen LogP contribution in [0.3, 0.4) is 0 Å². The Morgan fingerprint density at radius 3 is 2.56 bits per heavy atom. The van der Waals surface area contributed by atoms with E-state index in [1.165, 1.54) is 24.5 Å². The van der Waals surface area contributed by atoms with Crippen LogP contribution in [0.25, 0.3) is 0 Å². The normalized spacial score (nSPS) is 12.5. The number of halogens is 1. The summed E-state index contributed by atoms with van der Waals surface area (Å²) in [5.74, 6) is 0.118. The first-order valence-electron chi connectivity index (χ1n) is 8.33. The molecule has 0 spiro atoms. The monoisotopic (exact) mass is 372 g/mol. The summed E-state index contributed by atoms with van der Waals surface area (Å²) < 4.78 is 36.6. The molecule has 0 amide bonds. The topological polar surface area (TPSA) is 73.8 Å². The van der Waals surface area contributed by atoms with E-state index in [2.05, 4.69) is 20.5 Å². The van der Waals surface area contributed by atoms with Crippen LogP contribution in [-0.4, -0.2) is 59.3 Å². The van der Waals surface area contributed by atoms with Crippen molar-refractivity contribution in [2.24, 2.45) is 4.99 Å². The number of rotatable bonds is 9. The predicted molar refractivity (Wildman–Crippen MR) is 101 cm³/mol. The first-order valence-corrected chi connectivity index (χ1v) is 10.4. The summed E-state index contributed by atoms with van der Waals surface area (Å²) in [5.41, 5.74) is 1.16. The lowest BCUT2D eigenvalue weighted by atomic mass is 10.1. The van der Waals surface area contributed by atoms with Crippen molar-refractivity contribution in [2.75, 3.05) is 40.0 Å². The molecule has 0 aliphatic heterocycles. The minimum Gasteiger partial charge on any atom is -0.357 e. The van der Waals surface area contributed by atoms with Gasteiger partial charge in [-0.05, 0) is 57.2 Å². The Morgan fingerprint density at radius 1 is 1.24 bits per heavy atom. The van der Waals surface area contributed by atoms with E-state index in [9.17, 15) is 12.8 Å². The molecule has 0 fully saturated rings. The van der Waals surface area contributed by atoms with Crippen LogP contribution in [0, 0.1) is 5.82 Å². The van der Waals surface area contributed by atoms with Gasteiger partial charge in [-0.25, -0.2) is 17.8 Å². The molecule has 0 radical (unpaired) electrons. The fourth-order valence-corrected chi connectivity index (χ4v) is 3.12. The van der Waals surface area contributed by atoms with Gasteiger partial charge in [-0.2, -0.15) is 0 Å². The third-order valence-corrected chi connectivity index (χ3v) is 4.25. The van der Waals surface area contributed by atoms with E-state index in [-0.39, 0.29) is 12.3 Å². The van der Waals surface area contributed by atoms with Gasteiger partial charge in [0.15, 0.2) is 15.8 Å². The van der Waals surface area contributed by atoms with Gasteiger partial charge in [0.1, 0.15) is 5.82 Å². The molecule has 6 nitrogen and oxygen atoms in total. The highest BCUT2D eigenvalue weighted by Crippen LogP contribution is 2.15. The first kappa shape index (κ1) is 21.4. The lowest BCUT2D eigenvalue weighted by Gasteiger charge is -2.14. The highest BCUT2D eigenvalue weighted by Gasteiger charge is 2.10. The Bertz CT molecular complexity index is 675. The summed E-state index contributed by atoms with van der Waals surface area (Å²) in [7, 11) is 0.847. The standard InChI is InChI=1S/C17H29FN4O2S/c1-5-19-17(20-9-6-10-22(2)3)21-12-15-11-16(18)8-7-14(15)13-25(4,23)24/h7-8,11H,5-6,9-10,12-13H2,1-4H3,(H2,19,20,21). The van der Waals surface area contributed by atoms with Gasteiger partial charge in [-0.3, -0.25) is 0 Å².